The zero-order valence-corrected chi connectivity index (χ0v) is 9.37. The van der Waals surface area contributed by atoms with E-state index in [1.165, 1.54) is 0 Å². The van der Waals surface area contributed by atoms with Crippen molar-refractivity contribution in [2.45, 2.75) is 38.5 Å². The van der Waals surface area contributed by atoms with Crippen molar-refractivity contribution in [1.29, 1.82) is 0 Å². The number of unbranched alkanes of at least 4 members (excludes halogenated alkanes) is 5. The molecular weight excluding hydrogens is 212 g/mol. The van der Waals surface area contributed by atoms with Crippen molar-refractivity contribution in [2.24, 2.45) is 0 Å². The van der Waals surface area contributed by atoms with E-state index < -0.39 is 12.2 Å². The molecule has 94 valence electrons. The molecule has 0 aliphatic heterocycles. The molecular formula is C10H20N2O4. The first-order valence-electron chi connectivity index (χ1n) is 5.56. The quantitative estimate of drug-likeness (QED) is 0.456. The van der Waals surface area contributed by atoms with Gasteiger partial charge in [0.25, 0.3) is 0 Å². The fourth-order valence-electron chi connectivity index (χ4n) is 1.35. The molecule has 0 heterocycles. The van der Waals surface area contributed by atoms with Crippen LogP contribution in [0.25, 0.3) is 0 Å². The third-order valence-corrected chi connectivity index (χ3v) is 2.16. The standard InChI is InChI=1S/C10H20N2O4/c13-9(14)11-7-5-3-1-2-4-6-8-12-10(15)16/h11-12H,1-8H2,(H,13,14)(H,15,16). The van der Waals surface area contributed by atoms with Crippen LogP contribution in [0, 0.1) is 0 Å². The first-order chi connectivity index (χ1) is 7.63. The molecule has 0 fully saturated rings. The van der Waals surface area contributed by atoms with Crippen LogP contribution < -0.4 is 10.6 Å². The lowest BCUT2D eigenvalue weighted by Gasteiger charge is -2.02. The predicted molar refractivity (Wildman–Crippen MR) is 59.8 cm³/mol. The van der Waals surface area contributed by atoms with Gasteiger partial charge in [0.1, 0.15) is 0 Å². The maximum absolute atomic E-state index is 10.1. The zero-order valence-electron chi connectivity index (χ0n) is 9.37. The van der Waals surface area contributed by atoms with Gasteiger partial charge in [-0.2, -0.15) is 0 Å². The van der Waals surface area contributed by atoms with Crippen LogP contribution in [0.4, 0.5) is 9.59 Å². The van der Waals surface area contributed by atoms with Gasteiger partial charge in [-0.05, 0) is 12.8 Å². The molecule has 0 aromatic rings. The highest BCUT2D eigenvalue weighted by Gasteiger charge is 1.95. The van der Waals surface area contributed by atoms with E-state index in [9.17, 15) is 9.59 Å². The molecule has 0 radical (unpaired) electrons. The second kappa shape index (κ2) is 10.1. The Kier molecular flexibility index (Phi) is 9.15. The highest BCUT2D eigenvalue weighted by Crippen LogP contribution is 2.04. The number of carboxylic acid groups (broad SMARTS) is 2. The first-order valence-corrected chi connectivity index (χ1v) is 5.56. The van der Waals surface area contributed by atoms with E-state index in [1.54, 1.807) is 0 Å². The van der Waals surface area contributed by atoms with Gasteiger partial charge in [0, 0.05) is 13.1 Å². The van der Waals surface area contributed by atoms with Gasteiger partial charge >= 0.3 is 12.2 Å². The van der Waals surface area contributed by atoms with Gasteiger partial charge in [0.15, 0.2) is 0 Å². The second-order valence-electron chi connectivity index (χ2n) is 3.59. The Morgan fingerprint density at radius 3 is 1.31 bits per heavy atom. The fourth-order valence-corrected chi connectivity index (χ4v) is 1.35. The topological polar surface area (TPSA) is 98.7 Å². The van der Waals surface area contributed by atoms with Gasteiger partial charge in [-0.15, -0.1) is 0 Å². The molecule has 4 N–H and O–H groups in total. The number of hydrogen-bond donors (Lipinski definition) is 4. The van der Waals surface area contributed by atoms with Crippen LogP contribution in [-0.2, 0) is 0 Å². The monoisotopic (exact) mass is 232 g/mol. The van der Waals surface area contributed by atoms with E-state index in [-0.39, 0.29) is 0 Å². The van der Waals surface area contributed by atoms with Crippen molar-refractivity contribution < 1.29 is 19.8 Å². The summed E-state index contributed by atoms with van der Waals surface area (Å²) in [4.78, 5) is 20.2. The van der Waals surface area contributed by atoms with Crippen LogP contribution >= 0.6 is 0 Å². The van der Waals surface area contributed by atoms with Crippen LogP contribution in [0.1, 0.15) is 38.5 Å². The number of rotatable bonds is 9. The van der Waals surface area contributed by atoms with E-state index in [0.717, 1.165) is 38.5 Å². The molecule has 0 unspecified atom stereocenters. The summed E-state index contributed by atoms with van der Waals surface area (Å²) in [6, 6.07) is 0. The maximum Gasteiger partial charge on any atom is 0.404 e. The number of hydrogen-bond acceptors (Lipinski definition) is 2. The fraction of sp³-hybridized carbons (Fsp3) is 0.800. The van der Waals surface area contributed by atoms with Crippen molar-refractivity contribution in [2.75, 3.05) is 13.1 Å². The molecule has 0 bridgehead atoms. The Bertz CT molecular complexity index is 187. The smallest absolute Gasteiger partial charge is 0.404 e. The predicted octanol–water partition coefficient (Wildman–Crippen LogP) is 1.86. The summed E-state index contributed by atoms with van der Waals surface area (Å²) in [6.07, 6.45) is 3.92. The molecule has 0 atom stereocenters. The van der Waals surface area contributed by atoms with Crippen LogP contribution in [0.3, 0.4) is 0 Å². The van der Waals surface area contributed by atoms with E-state index >= 15 is 0 Å². The van der Waals surface area contributed by atoms with Gasteiger partial charge in [-0.25, -0.2) is 9.59 Å². The first kappa shape index (κ1) is 14.5. The molecule has 0 aliphatic carbocycles. The molecule has 0 saturated carbocycles. The average Bonchev–Trinajstić information content (AvgIpc) is 2.20. The summed E-state index contributed by atoms with van der Waals surface area (Å²) < 4.78 is 0. The summed E-state index contributed by atoms with van der Waals surface area (Å²) in [7, 11) is 0. The Morgan fingerprint density at radius 1 is 0.688 bits per heavy atom. The third-order valence-electron chi connectivity index (χ3n) is 2.16. The highest BCUT2D eigenvalue weighted by atomic mass is 16.4. The Balaban J connectivity index is 2.98. The van der Waals surface area contributed by atoms with Crippen molar-refractivity contribution >= 4 is 12.2 Å². The number of amides is 2. The molecule has 6 heteroatoms. The molecule has 0 aliphatic rings. The summed E-state index contributed by atoms with van der Waals surface area (Å²) in [5.74, 6) is 0. The van der Waals surface area contributed by atoms with E-state index in [1.807, 2.05) is 0 Å². The summed E-state index contributed by atoms with van der Waals surface area (Å²) in [6.45, 7) is 1.02. The maximum atomic E-state index is 10.1. The largest absolute Gasteiger partial charge is 0.465 e. The third kappa shape index (κ3) is 12.5. The number of nitrogens with one attached hydrogen (secondary N) is 2. The summed E-state index contributed by atoms with van der Waals surface area (Å²) >= 11 is 0. The lowest BCUT2D eigenvalue weighted by Crippen LogP contribution is -2.21. The van der Waals surface area contributed by atoms with E-state index in [4.69, 9.17) is 10.2 Å². The van der Waals surface area contributed by atoms with Gasteiger partial charge in [0.2, 0.25) is 0 Å². The zero-order chi connectivity index (χ0) is 12.2. The Morgan fingerprint density at radius 2 is 1.00 bits per heavy atom. The SMILES string of the molecule is O=C(O)NCCCCCCCCNC(=O)O. The van der Waals surface area contributed by atoms with Crippen LogP contribution in [0.2, 0.25) is 0 Å². The summed E-state index contributed by atoms with van der Waals surface area (Å²) in [5.41, 5.74) is 0. The molecule has 0 aromatic heterocycles. The van der Waals surface area contributed by atoms with Gasteiger partial charge in [-0.3, -0.25) is 0 Å². The minimum Gasteiger partial charge on any atom is -0.465 e. The minimum absolute atomic E-state index is 0.510. The molecule has 2 amide bonds. The van der Waals surface area contributed by atoms with Gasteiger partial charge < -0.3 is 20.8 Å². The van der Waals surface area contributed by atoms with E-state index in [0.29, 0.717) is 13.1 Å². The molecule has 0 saturated heterocycles. The Hall–Kier alpha value is -1.46. The summed E-state index contributed by atoms with van der Waals surface area (Å²) in [5, 5.41) is 21.2. The van der Waals surface area contributed by atoms with Crippen molar-refractivity contribution in [1.82, 2.24) is 10.6 Å². The molecule has 6 nitrogen and oxygen atoms in total. The molecule has 0 rings (SSSR count). The van der Waals surface area contributed by atoms with Gasteiger partial charge in [0.05, 0.1) is 0 Å². The molecule has 16 heavy (non-hydrogen) atoms. The second-order valence-corrected chi connectivity index (χ2v) is 3.59. The van der Waals surface area contributed by atoms with Gasteiger partial charge in [-0.1, -0.05) is 25.7 Å². The van der Waals surface area contributed by atoms with Crippen LogP contribution in [0.5, 0.6) is 0 Å². The normalized spacial score (nSPS) is 9.75. The lowest BCUT2D eigenvalue weighted by atomic mass is 10.1. The lowest BCUT2D eigenvalue weighted by molar-refractivity contribution is 0.193. The minimum atomic E-state index is -0.972. The average molecular weight is 232 g/mol. The number of carbonyl (C=O) groups is 2. The van der Waals surface area contributed by atoms with Crippen molar-refractivity contribution in [3.8, 4) is 0 Å². The molecule has 0 spiro atoms. The van der Waals surface area contributed by atoms with Crippen LogP contribution in [-0.4, -0.2) is 35.5 Å². The van der Waals surface area contributed by atoms with E-state index in [2.05, 4.69) is 10.6 Å². The Labute approximate surface area is 95.0 Å². The van der Waals surface area contributed by atoms with Crippen molar-refractivity contribution in [3.05, 3.63) is 0 Å². The molecule has 0 aromatic carbocycles. The van der Waals surface area contributed by atoms with Crippen molar-refractivity contribution in [3.63, 3.8) is 0 Å². The highest BCUT2D eigenvalue weighted by molar-refractivity contribution is 5.64. The van der Waals surface area contributed by atoms with Crippen LogP contribution in [0.15, 0.2) is 0 Å².